The van der Waals surface area contributed by atoms with Crippen molar-refractivity contribution in [3.63, 3.8) is 0 Å². The molecule has 0 aromatic heterocycles. The maximum absolute atomic E-state index is 12.8. The second-order valence-corrected chi connectivity index (χ2v) is 6.18. The number of nitrogens with one attached hydrogen (secondary N) is 1. The Morgan fingerprint density at radius 1 is 1.08 bits per heavy atom. The van der Waals surface area contributed by atoms with Gasteiger partial charge < -0.3 is 14.8 Å². The first-order valence-electron chi connectivity index (χ1n) is 7.52. The Kier molecular flexibility index (Phi) is 6.93. The first kappa shape index (κ1) is 18.1. The number of methoxy groups -OCH3 is 2. The molecular weight excluding hydrogens is 329 g/mol. The predicted octanol–water partition coefficient (Wildman–Crippen LogP) is 3.76. The Morgan fingerprint density at radius 3 is 2.29 bits per heavy atom. The van der Waals surface area contributed by atoms with Crippen molar-refractivity contribution in [2.75, 3.05) is 26.5 Å². The lowest BCUT2D eigenvalue weighted by Crippen LogP contribution is -2.24. The molecule has 24 heavy (non-hydrogen) atoms. The van der Waals surface area contributed by atoms with E-state index in [4.69, 9.17) is 9.47 Å². The van der Waals surface area contributed by atoms with Gasteiger partial charge in [0.2, 0.25) is 0 Å². The average molecular weight is 349 g/mol. The van der Waals surface area contributed by atoms with Crippen LogP contribution in [0.25, 0.3) is 0 Å². The molecular formula is C18H20FNO3S. The van der Waals surface area contributed by atoms with Gasteiger partial charge in [-0.15, -0.1) is 11.8 Å². The molecule has 2 aromatic rings. The fraction of sp³-hybridized carbons (Fsp3) is 0.278. The summed E-state index contributed by atoms with van der Waals surface area (Å²) >= 11 is 1.63. The van der Waals surface area contributed by atoms with Gasteiger partial charge in [-0.2, -0.15) is 0 Å². The molecule has 0 spiro atoms. The van der Waals surface area contributed by atoms with Crippen LogP contribution in [0.4, 0.5) is 4.39 Å². The van der Waals surface area contributed by atoms with E-state index in [9.17, 15) is 9.18 Å². The van der Waals surface area contributed by atoms with Crippen molar-refractivity contribution in [1.82, 2.24) is 5.32 Å². The molecule has 1 amide bonds. The second kappa shape index (κ2) is 9.17. The monoisotopic (exact) mass is 349 g/mol. The minimum absolute atomic E-state index is 0.168. The number of ether oxygens (including phenoxy) is 2. The van der Waals surface area contributed by atoms with Gasteiger partial charge >= 0.3 is 0 Å². The van der Waals surface area contributed by atoms with Crippen LogP contribution in [0, 0.1) is 5.82 Å². The average Bonchev–Trinajstić information content (AvgIpc) is 2.62. The summed E-state index contributed by atoms with van der Waals surface area (Å²) in [6.07, 6.45) is 0.814. The van der Waals surface area contributed by atoms with Crippen LogP contribution in [0.3, 0.4) is 0 Å². The summed E-state index contributed by atoms with van der Waals surface area (Å²) in [6.45, 7) is 0.562. The summed E-state index contributed by atoms with van der Waals surface area (Å²) in [5, 5.41) is 2.87. The summed E-state index contributed by atoms with van der Waals surface area (Å²) < 4.78 is 23.1. The van der Waals surface area contributed by atoms with E-state index in [1.54, 1.807) is 56.3 Å². The highest BCUT2D eigenvalue weighted by Gasteiger charge is 2.09. The topological polar surface area (TPSA) is 47.6 Å². The summed E-state index contributed by atoms with van der Waals surface area (Å²) in [5.41, 5.74) is 0.498. The largest absolute Gasteiger partial charge is 0.497 e. The quantitative estimate of drug-likeness (QED) is 0.582. The maximum Gasteiger partial charge on any atom is 0.251 e. The van der Waals surface area contributed by atoms with Crippen LogP contribution in [-0.4, -0.2) is 32.4 Å². The number of hydrogen-bond donors (Lipinski definition) is 1. The number of carbonyl (C=O) groups is 1. The first-order chi connectivity index (χ1) is 11.6. The van der Waals surface area contributed by atoms with Gasteiger partial charge in [-0.3, -0.25) is 4.79 Å². The number of carbonyl (C=O) groups excluding carboxylic acids is 1. The third-order valence-electron chi connectivity index (χ3n) is 3.30. The molecule has 1 N–H and O–H groups in total. The maximum atomic E-state index is 12.8. The van der Waals surface area contributed by atoms with Gasteiger partial charge in [-0.25, -0.2) is 4.39 Å². The number of benzene rings is 2. The summed E-state index contributed by atoms with van der Waals surface area (Å²) in [7, 11) is 3.09. The lowest BCUT2D eigenvalue weighted by molar-refractivity contribution is 0.0953. The van der Waals surface area contributed by atoms with Crippen molar-refractivity contribution in [3.8, 4) is 11.5 Å². The van der Waals surface area contributed by atoms with Crippen molar-refractivity contribution in [2.24, 2.45) is 0 Å². The summed E-state index contributed by atoms with van der Waals surface area (Å²) in [6, 6.07) is 11.5. The molecule has 0 unspecified atom stereocenters. The van der Waals surface area contributed by atoms with E-state index in [1.807, 2.05) is 0 Å². The van der Waals surface area contributed by atoms with Crippen LogP contribution in [0.2, 0.25) is 0 Å². The lowest BCUT2D eigenvalue weighted by atomic mass is 10.2. The van der Waals surface area contributed by atoms with Gasteiger partial charge in [-0.05, 0) is 48.6 Å². The standard InChI is InChI=1S/C18H20FNO3S/c1-22-15-10-13(11-16(12-15)23-2)18(21)20-8-3-9-24-17-6-4-14(19)5-7-17/h4-7,10-12H,3,8-9H2,1-2H3,(H,20,21). The first-order valence-corrected chi connectivity index (χ1v) is 8.50. The zero-order valence-corrected chi connectivity index (χ0v) is 14.5. The predicted molar refractivity (Wildman–Crippen MR) is 93.6 cm³/mol. The highest BCUT2D eigenvalue weighted by atomic mass is 32.2. The van der Waals surface area contributed by atoms with E-state index in [1.165, 1.54) is 12.1 Å². The van der Waals surface area contributed by atoms with Crippen LogP contribution in [0.15, 0.2) is 47.4 Å². The van der Waals surface area contributed by atoms with Crippen LogP contribution in [0.5, 0.6) is 11.5 Å². The molecule has 128 valence electrons. The number of hydrogen-bond acceptors (Lipinski definition) is 4. The van der Waals surface area contributed by atoms with Crippen molar-refractivity contribution < 1.29 is 18.7 Å². The molecule has 0 atom stereocenters. The highest BCUT2D eigenvalue weighted by Crippen LogP contribution is 2.22. The zero-order valence-electron chi connectivity index (χ0n) is 13.7. The van der Waals surface area contributed by atoms with Crippen LogP contribution >= 0.6 is 11.8 Å². The van der Waals surface area contributed by atoms with Gasteiger partial charge in [0.05, 0.1) is 14.2 Å². The molecule has 0 radical (unpaired) electrons. The number of halogens is 1. The second-order valence-electron chi connectivity index (χ2n) is 5.01. The van der Waals surface area contributed by atoms with Crippen molar-refractivity contribution in [1.29, 1.82) is 0 Å². The van der Waals surface area contributed by atoms with Crippen molar-refractivity contribution in [2.45, 2.75) is 11.3 Å². The fourth-order valence-electron chi connectivity index (χ4n) is 2.04. The van der Waals surface area contributed by atoms with Gasteiger partial charge in [0.15, 0.2) is 0 Å². The van der Waals surface area contributed by atoms with Crippen LogP contribution in [0.1, 0.15) is 16.8 Å². The Balaban J connectivity index is 1.77. The minimum atomic E-state index is -0.236. The highest BCUT2D eigenvalue weighted by molar-refractivity contribution is 7.99. The SMILES string of the molecule is COc1cc(OC)cc(C(=O)NCCCSc2ccc(F)cc2)c1. The van der Waals surface area contributed by atoms with Gasteiger partial charge in [0.1, 0.15) is 17.3 Å². The molecule has 2 aromatic carbocycles. The van der Waals surface area contributed by atoms with E-state index < -0.39 is 0 Å². The number of thioether (sulfide) groups is 1. The van der Waals surface area contributed by atoms with Crippen LogP contribution < -0.4 is 14.8 Å². The Hall–Kier alpha value is -2.21. The minimum Gasteiger partial charge on any atom is -0.497 e. The lowest BCUT2D eigenvalue weighted by Gasteiger charge is -2.09. The van der Waals surface area contributed by atoms with Gasteiger partial charge in [0.25, 0.3) is 5.91 Å². The molecule has 0 saturated heterocycles. The van der Waals surface area contributed by atoms with Crippen LogP contribution in [-0.2, 0) is 0 Å². The van der Waals surface area contributed by atoms with E-state index in [2.05, 4.69) is 5.32 Å². The zero-order chi connectivity index (χ0) is 17.4. The van der Waals surface area contributed by atoms with Gasteiger partial charge in [-0.1, -0.05) is 0 Å². The molecule has 6 heteroatoms. The smallest absolute Gasteiger partial charge is 0.251 e. The Bertz CT molecular complexity index is 654. The summed E-state index contributed by atoms with van der Waals surface area (Å²) in [4.78, 5) is 13.2. The molecule has 0 aliphatic rings. The third-order valence-corrected chi connectivity index (χ3v) is 4.40. The third kappa shape index (κ3) is 5.45. The normalized spacial score (nSPS) is 10.3. The molecule has 0 fully saturated rings. The van der Waals surface area contributed by atoms with Crippen molar-refractivity contribution in [3.05, 3.63) is 53.8 Å². The molecule has 4 nitrogen and oxygen atoms in total. The number of rotatable bonds is 8. The fourth-order valence-corrected chi connectivity index (χ4v) is 2.89. The number of amides is 1. The molecule has 0 bridgehead atoms. The van der Waals surface area contributed by atoms with E-state index in [-0.39, 0.29) is 11.7 Å². The molecule has 0 aliphatic carbocycles. The van der Waals surface area contributed by atoms with E-state index >= 15 is 0 Å². The molecule has 0 saturated carbocycles. The molecule has 0 aliphatic heterocycles. The molecule has 2 rings (SSSR count). The Morgan fingerprint density at radius 2 is 1.71 bits per heavy atom. The summed E-state index contributed by atoms with van der Waals surface area (Å²) in [5.74, 6) is 1.59. The van der Waals surface area contributed by atoms with Crippen molar-refractivity contribution >= 4 is 17.7 Å². The van der Waals surface area contributed by atoms with E-state index in [0.717, 1.165) is 17.1 Å². The van der Waals surface area contributed by atoms with E-state index in [0.29, 0.717) is 23.6 Å². The molecule has 0 heterocycles. The Labute approximate surface area is 145 Å². The van der Waals surface area contributed by atoms with Gasteiger partial charge in [0, 0.05) is 23.1 Å².